The Labute approximate surface area is 266 Å². The number of hydrogen-bond donors (Lipinski definition) is 1. The molecule has 2 aliphatic rings. The number of amides is 1. The molecule has 242 valence electrons. The number of methoxy groups -OCH3 is 2. The number of carbonyl (C=O) groups is 1. The smallest absolute Gasteiger partial charge is 0.227 e. The van der Waals surface area contributed by atoms with Crippen LogP contribution < -0.4 is 24.4 Å². The molecule has 1 saturated heterocycles. The van der Waals surface area contributed by atoms with Crippen molar-refractivity contribution in [3.63, 3.8) is 0 Å². The summed E-state index contributed by atoms with van der Waals surface area (Å²) in [6.45, 7) is 4.85. The summed E-state index contributed by atoms with van der Waals surface area (Å²) in [5.74, 6) is 2.74. The van der Waals surface area contributed by atoms with E-state index in [1.54, 1.807) is 14.2 Å². The fourth-order valence-electron chi connectivity index (χ4n) is 5.91. The van der Waals surface area contributed by atoms with Gasteiger partial charge in [-0.15, -0.1) is 0 Å². The van der Waals surface area contributed by atoms with Crippen LogP contribution in [0.2, 0.25) is 0 Å². The molecule has 9 heteroatoms. The van der Waals surface area contributed by atoms with Gasteiger partial charge in [0.2, 0.25) is 5.91 Å². The van der Waals surface area contributed by atoms with Gasteiger partial charge in [-0.3, -0.25) is 4.79 Å². The average Bonchev–Trinajstić information content (AvgIpc) is 3.09. The number of benzene rings is 3. The van der Waals surface area contributed by atoms with Gasteiger partial charge in [0.1, 0.15) is 23.4 Å². The van der Waals surface area contributed by atoms with Crippen molar-refractivity contribution in [3.8, 4) is 17.2 Å². The van der Waals surface area contributed by atoms with E-state index in [0.717, 1.165) is 48.7 Å². The van der Waals surface area contributed by atoms with Gasteiger partial charge in [-0.25, -0.2) is 0 Å². The van der Waals surface area contributed by atoms with Crippen LogP contribution in [-0.4, -0.2) is 78.4 Å². The molecule has 1 N–H and O–H groups in total. The first-order chi connectivity index (χ1) is 22.2. The number of rotatable bonds is 16. The molecule has 3 aromatic rings. The maximum atomic E-state index is 13.1. The van der Waals surface area contributed by atoms with Gasteiger partial charge in [-0.05, 0) is 55.3 Å². The van der Waals surface area contributed by atoms with E-state index in [-0.39, 0.29) is 24.0 Å². The first-order valence-electron chi connectivity index (χ1n) is 16.0. The number of fused-ring (bicyclic) bond motifs is 1. The third-order valence-corrected chi connectivity index (χ3v) is 8.26. The Morgan fingerprint density at radius 1 is 0.956 bits per heavy atom. The summed E-state index contributed by atoms with van der Waals surface area (Å²) in [4.78, 5) is 14.9. The van der Waals surface area contributed by atoms with E-state index in [1.807, 2.05) is 65.6 Å². The summed E-state index contributed by atoms with van der Waals surface area (Å²) >= 11 is 0. The van der Waals surface area contributed by atoms with E-state index in [9.17, 15) is 4.79 Å². The third-order valence-electron chi connectivity index (χ3n) is 8.26. The maximum absolute atomic E-state index is 13.1. The second kappa shape index (κ2) is 17.2. The Kier molecular flexibility index (Phi) is 12.5. The molecule has 2 aliphatic heterocycles. The predicted octanol–water partition coefficient (Wildman–Crippen LogP) is 5.36. The molecule has 0 saturated carbocycles. The van der Waals surface area contributed by atoms with Gasteiger partial charge in [0.05, 0.1) is 51.9 Å². The first kappa shape index (κ1) is 32.8. The predicted molar refractivity (Wildman–Crippen MR) is 173 cm³/mol. The molecule has 2 heterocycles. The summed E-state index contributed by atoms with van der Waals surface area (Å²) < 4.78 is 35.1. The summed E-state index contributed by atoms with van der Waals surface area (Å²) in [5.41, 5.74) is 3.09. The van der Waals surface area contributed by atoms with Crippen molar-refractivity contribution in [2.75, 3.05) is 65.2 Å². The zero-order chi connectivity index (χ0) is 31.3. The maximum Gasteiger partial charge on any atom is 0.227 e. The van der Waals surface area contributed by atoms with Crippen LogP contribution in [0.5, 0.6) is 17.2 Å². The van der Waals surface area contributed by atoms with Gasteiger partial charge in [0.25, 0.3) is 0 Å². The number of nitrogens with one attached hydrogen (secondary N) is 1. The van der Waals surface area contributed by atoms with E-state index >= 15 is 0 Å². The van der Waals surface area contributed by atoms with Crippen molar-refractivity contribution in [2.24, 2.45) is 0 Å². The van der Waals surface area contributed by atoms with Crippen molar-refractivity contribution >= 4 is 11.6 Å². The zero-order valence-electron chi connectivity index (χ0n) is 26.5. The van der Waals surface area contributed by atoms with E-state index in [1.165, 1.54) is 5.56 Å². The molecule has 3 atom stereocenters. The van der Waals surface area contributed by atoms with Crippen LogP contribution in [0.1, 0.15) is 42.7 Å². The number of nitrogens with zero attached hydrogens (tertiary/aromatic N) is 1. The minimum absolute atomic E-state index is 0.00229. The van der Waals surface area contributed by atoms with Crippen molar-refractivity contribution < 1.29 is 33.2 Å². The Balaban J connectivity index is 1.09. The molecule has 0 radical (unpaired) electrons. The standard InChI is InChI=1S/C36H46N2O7/c1-40-20-7-13-36(39)38-24-30(45-34-12-6-4-10-32(34)38)26-44-35-23-37-19-18-31(35)27-14-16-29(17-15-27)43-22-8-21-42-25-28-9-3-5-11-33(28)41-2/h3-6,9-12,14-17,30-31,35,37H,7-8,13,18-26H2,1-2H3/t30?,31-,35+/m1/s1. The number of anilines is 1. The van der Waals surface area contributed by atoms with Crippen LogP contribution in [0, 0.1) is 0 Å². The topological polar surface area (TPSA) is 87.7 Å². The molecule has 0 aliphatic carbocycles. The second-order valence-electron chi connectivity index (χ2n) is 11.4. The highest BCUT2D eigenvalue weighted by Crippen LogP contribution is 2.35. The molecular weight excluding hydrogens is 572 g/mol. The highest BCUT2D eigenvalue weighted by Gasteiger charge is 2.32. The quantitative estimate of drug-likeness (QED) is 0.215. The molecule has 45 heavy (non-hydrogen) atoms. The number of piperidine rings is 1. The molecule has 1 fully saturated rings. The molecule has 0 bridgehead atoms. The van der Waals surface area contributed by atoms with Gasteiger partial charge < -0.3 is 38.6 Å². The molecule has 3 aromatic carbocycles. The van der Waals surface area contributed by atoms with Crippen LogP contribution in [0.4, 0.5) is 5.69 Å². The normalized spacial score (nSPS) is 19.4. The van der Waals surface area contributed by atoms with E-state index in [0.29, 0.717) is 58.2 Å². The van der Waals surface area contributed by atoms with Crippen LogP contribution in [0.25, 0.3) is 0 Å². The minimum atomic E-state index is -0.247. The Bertz CT molecular complexity index is 1330. The second-order valence-corrected chi connectivity index (χ2v) is 11.4. The van der Waals surface area contributed by atoms with Crippen molar-refractivity contribution in [1.82, 2.24) is 5.32 Å². The molecule has 5 rings (SSSR count). The first-order valence-corrected chi connectivity index (χ1v) is 16.0. The van der Waals surface area contributed by atoms with Crippen LogP contribution >= 0.6 is 0 Å². The fraction of sp³-hybridized carbons (Fsp3) is 0.472. The Morgan fingerprint density at radius 2 is 1.78 bits per heavy atom. The molecular formula is C36H46N2O7. The Hall–Kier alpha value is -3.63. The van der Waals surface area contributed by atoms with Crippen molar-refractivity contribution in [2.45, 2.75) is 50.4 Å². The molecule has 0 aromatic heterocycles. The van der Waals surface area contributed by atoms with Gasteiger partial charge in [-0.1, -0.05) is 42.5 Å². The number of hydrogen-bond acceptors (Lipinski definition) is 8. The number of para-hydroxylation sites is 3. The lowest BCUT2D eigenvalue weighted by atomic mass is 9.87. The lowest BCUT2D eigenvalue weighted by Gasteiger charge is -2.37. The fourth-order valence-corrected chi connectivity index (χ4v) is 5.91. The monoisotopic (exact) mass is 618 g/mol. The highest BCUT2D eigenvalue weighted by molar-refractivity contribution is 5.95. The largest absolute Gasteiger partial charge is 0.496 e. The highest BCUT2D eigenvalue weighted by atomic mass is 16.5. The molecule has 9 nitrogen and oxygen atoms in total. The lowest BCUT2D eigenvalue weighted by molar-refractivity contribution is -0.119. The summed E-state index contributed by atoms with van der Waals surface area (Å²) in [5, 5.41) is 3.48. The van der Waals surface area contributed by atoms with E-state index < -0.39 is 0 Å². The third kappa shape index (κ3) is 9.20. The number of ether oxygens (including phenoxy) is 6. The summed E-state index contributed by atoms with van der Waals surface area (Å²) in [6.07, 6.45) is 2.65. The van der Waals surface area contributed by atoms with Gasteiger partial charge in [0.15, 0.2) is 0 Å². The SMILES string of the molecule is COCCCC(=O)N1CC(CO[C@H]2CNCC[C@@H]2c2ccc(OCCCOCc3ccccc3OC)cc2)Oc2ccccc21. The van der Waals surface area contributed by atoms with Crippen molar-refractivity contribution in [1.29, 1.82) is 0 Å². The number of carbonyl (C=O) groups excluding carboxylic acids is 1. The van der Waals surface area contributed by atoms with Gasteiger partial charge >= 0.3 is 0 Å². The minimum Gasteiger partial charge on any atom is -0.496 e. The van der Waals surface area contributed by atoms with E-state index in [2.05, 4.69) is 17.4 Å². The molecule has 1 unspecified atom stereocenters. The lowest BCUT2D eigenvalue weighted by Crippen LogP contribution is -2.48. The summed E-state index contributed by atoms with van der Waals surface area (Å²) in [7, 11) is 3.33. The average molecular weight is 619 g/mol. The van der Waals surface area contributed by atoms with Crippen LogP contribution in [0.3, 0.4) is 0 Å². The Morgan fingerprint density at radius 3 is 2.62 bits per heavy atom. The van der Waals surface area contributed by atoms with Crippen molar-refractivity contribution in [3.05, 3.63) is 83.9 Å². The zero-order valence-corrected chi connectivity index (χ0v) is 26.5. The molecule has 1 amide bonds. The van der Waals surface area contributed by atoms with Crippen LogP contribution in [-0.2, 0) is 25.6 Å². The molecule has 0 spiro atoms. The van der Waals surface area contributed by atoms with Gasteiger partial charge in [-0.2, -0.15) is 0 Å². The van der Waals surface area contributed by atoms with Gasteiger partial charge in [0, 0.05) is 44.6 Å². The summed E-state index contributed by atoms with van der Waals surface area (Å²) in [6, 6.07) is 24.0. The van der Waals surface area contributed by atoms with Crippen LogP contribution in [0.15, 0.2) is 72.8 Å². The van der Waals surface area contributed by atoms with E-state index in [4.69, 9.17) is 28.4 Å².